The fraction of sp³-hybridized carbons (Fsp3) is 0.278. The molecule has 3 rings (SSSR count). The fourth-order valence-corrected chi connectivity index (χ4v) is 3.82. The number of benzene rings is 1. The van der Waals surface area contributed by atoms with E-state index < -0.39 is 10.8 Å². The summed E-state index contributed by atoms with van der Waals surface area (Å²) < 4.78 is 1.22. The number of anilines is 1. The van der Waals surface area contributed by atoms with Crippen LogP contribution in [-0.2, 0) is 11.3 Å². The van der Waals surface area contributed by atoms with E-state index in [0.29, 0.717) is 15.8 Å². The number of nitrogens with one attached hydrogen (secondary N) is 1. The molecule has 0 radical (unpaired) electrons. The molecule has 0 saturated heterocycles. The summed E-state index contributed by atoms with van der Waals surface area (Å²) in [4.78, 5) is 41.8. The molecule has 0 spiro atoms. The Hall–Kier alpha value is -3.07. The molecule has 1 aromatic carbocycles. The van der Waals surface area contributed by atoms with Crippen LogP contribution < -0.4 is 10.9 Å². The Bertz CT molecular complexity index is 1150. The van der Waals surface area contributed by atoms with E-state index in [0.717, 1.165) is 16.0 Å². The van der Waals surface area contributed by atoms with Crippen LogP contribution in [-0.4, -0.2) is 20.4 Å². The summed E-state index contributed by atoms with van der Waals surface area (Å²) in [5, 5.41) is 14.3. The zero-order valence-electron chi connectivity index (χ0n) is 15.3. The number of nitrogens with zero attached hydrogens (tertiary/aromatic N) is 3. The third-order valence-electron chi connectivity index (χ3n) is 4.64. The molecule has 140 valence electrons. The molecule has 0 saturated carbocycles. The number of carbonyl (C=O) groups is 1. The lowest BCUT2D eigenvalue weighted by molar-refractivity contribution is -0.384. The van der Waals surface area contributed by atoms with Gasteiger partial charge >= 0.3 is 0 Å². The molecule has 0 bridgehead atoms. The van der Waals surface area contributed by atoms with Crippen LogP contribution in [0.25, 0.3) is 10.2 Å². The average molecular weight is 386 g/mol. The molecule has 0 aliphatic carbocycles. The number of hydrogen-bond acceptors (Lipinski definition) is 6. The molecule has 1 amide bonds. The number of fused-ring (bicyclic) bond motifs is 1. The first-order valence-electron chi connectivity index (χ1n) is 8.20. The summed E-state index contributed by atoms with van der Waals surface area (Å²) in [6.07, 6.45) is 1.33. The predicted octanol–water partition coefficient (Wildman–Crippen LogP) is 3.24. The van der Waals surface area contributed by atoms with Crippen molar-refractivity contribution in [1.29, 1.82) is 0 Å². The van der Waals surface area contributed by atoms with Crippen molar-refractivity contribution in [3.8, 4) is 0 Å². The van der Waals surface area contributed by atoms with Crippen LogP contribution in [0.4, 0.5) is 11.4 Å². The van der Waals surface area contributed by atoms with Gasteiger partial charge in [0, 0.05) is 10.9 Å². The SMILES string of the molecule is Cc1ccc([N+](=O)[O-])c(NC(=O)Cn2cnc3sc(C)c(C)c3c2=O)c1C. The lowest BCUT2D eigenvalue weighted by Gasteiger charge is -2.12. The minimum Gasteiger partial charge on any atom is -0.319 e. The number of carbonyl (C=O) groups excluding carboxylic acids is 1. The Morgan fingerprint density at radius 2 is 1.96 bits per heavy atom. The maximum Gasteiger partial charge on any atom is 0.293 e. The zero-order chi connectivity index (χ0) is 19.9. The molecule has 27 heavy (non-hydrogen) atoms. The van der Waals surface area contributed by atoms with Crippen molar-refractivity contribution in [2.24, 2.45) is 0 Å². The third-order valence-corrected chi connectivity index (χ3v) is 5.76. The fourth-order valence-electron chi connectivity index (χ4n) is 2.83. The van der Waals surface area contributed by atoms with Crippen LogP contribution in [0.1, 0.15) is 21.6 Å². The summed E-state index contributed by atoms with van der Waals surface area (Å²) in [6.45, 7) is 6.99. The largest absolute Gasteiger partial charge is 0.319 e. The Kier molecular flexibility index (Phi) is 4.79. The standard InChI is InChI=1S/C18H18N4O4S/c1-9-5-6-13(22(25)26)16(10(9)2)20-14(23)7-21-8-19-17-15(18(21)24)11(3)12(4)27-17/h5-6,8H,7H2,1-4H3,(H,20,23). The molecule has 0 aliphatic rings. The Balaban J connectivity index is 1.94. The molecular formula is C18H18N4O4S. The topological polar surface area (TPSA) is 107 Å². The lowest BCUT2D eigenvalue weighted by Crippen LogP contribution is -2.28. The van der Waals surface area contributed by atoms with Crippen LogP contribution in [0, 0.1) is 37.8 Å². The second-order valence-electron chi connectivity index (χ2n) is 6.35. The van der Waals surface area contributed by atoms with Gasteiger partial charge in [-0.05, 0) is 44.4 Å². The van der Waals surface area contributed by atoms with E-state index in [1.165, 1.54) is 28.3 Å². The van der Waals surface area contributed by atoms with E-state index in [1.54, 1.807) is 19.9 Å². The average Bonchev–Trinajstić information content (AvgIpc) is 2.89. The van der Waals surface area contributed by atoms with Gasteiger partial charge in [-0.15, -0.1) is 11.3 Å². The number of thiophene rings is 1. The smallest absolute Gasteiger partial charge is 0.293 e. The summed E-state index contributed by atoms with van der Waals surface area (Å²) in [5.74, 6) is -0.528. The second kappa shape index (κ2) is 6.92. The molecule has 1 N–H and O–H groups in total. The quantitative estimate of drug-likeness (QED) is 0.547. The van der Waals surface area contributed by atoms with Crippen molar-refractivity contribution in [3.63, 3.8) is 0 Å². The minimum atomic E-state index is -0.542. The Morgan fingerprint density at radius 3 is 2.63 bits per heavy atom. The van der Waals surface area contributed by atoms with Gasteiger partial charge in [-0.1, -0.05) is 6.07 Å². The minimum absolute atomic E-state index is 0.148. The number of aryl methyl sites for hydroxylation is 3. The van der Waals surface area contributed by atoms with E-state index >= 15 is 0 Å². The lowest BCUT2D eigenvalue weighted by atomic mass is 10.1. The van der Waals surface area contributed by atoms with Crippen molar-refractivity contribution in [2.75, 3.05) is 5.32 Å². The normalized spacial score (nSPS) is 11.0. The number of nitro groups is 1. The number of rotatable bonds is 4. The van der Waals surface area contributed by atoms with Gasteiger partial charge in [0.1, 0.15) is 17.1 Å². The molecule has 0 aliphatic heterocycles. The van der Waals surface area contributed by atoms with Crippen molar-refractivity contribution in [3.05, 3.63) is 60.5 Å². The second-order valence-corrected chi connectivity index (χ2v) is 7.55. The van der Waals surface area contributed by atoms with Crippen molar-refractivity contribution >= 4 is 38.8 Å². The van der Waals surface area contributed by atoms with Gasteiger partial charge in [-0.2, -0.15) is 0 Å². The van der Waals surface area contributed by atoms with Gasteiger partial charge in [0.15, 0.2) is 0 Å². The van der Waals surface area contributed by atoms with E-state index in [9.17, 15) is 19.7 Å². The van der Waals surface area contributed by atoms with Gasteiger partial charge in [-0.25, -0.2) is 4.98 Å². The maximum absolute atomic E-state index is 12.7. The molecule has 8 nitrogen and oxygen atoms in total. The van der Waals surface area contributed by atoms with Crippen LogP contribution in [0.3, 0.4) is 0 Å². The number of amides is 1. The Labute approximate surface area is 158 Å². The van der Waals surface area contributed by atoms with Gasteiger partial charge in [0.2, 0.25) is 5.91 Å². The molecule has 0 unspecified atom stereocenters. The summed E-state index contributed by atoms with van der Waals surface area (Å²) in [7, 11) is 0. The maximum atomic E-state index is 12.7. The highest BCUT2D eigenvalue weighted by Crippen LogP contribution is 2.30. The zero-order valence-corrected chi connectivity index (χ0v) is 16.1. The van der Waals surface area contributed by atoms with Gasteiger partial charge < -0.3 is 5.32 Å². The van der Waals surface area contributed by atoms with E-state index in [-0.39, 0.29) is 23.5 Å². The summed E-state index contributed by atoms with van der Waals surface area (Å²) in [6, 6.07) is 2.99. The number of nitro benzene ring substituents is 1. The molecular weight excluding hydrogens is 368 g/mol. The van der Waals surface area contributed by atoms with E-state index in [2.05, 4.69) is 10.3 Å². The molecule has 9 heteroatoms. The molecule has 0 fully saturated rings. The highest BCUT2D eigenvalue weighted by molar-refractivity contribution is 7.18. The molecule has 0 atom stereocenters. The number of aromatic nitrogens is 2. The van der Waals surface area contributed by atoms with Crippen molar-refractivity contribution < 1.29 is 9.72 Å². The third kappa shape index (κ3) is 3.33. The van der Waals surface area contributed by atoms with Crippen molar-refractivity contribution in [1.82, 2.24) is 9.55 Å². The first-order valence-corrected chi connectivity index (χ1v) is 9.02. The predicted molar refractivity (Wildman–Crippen MR) is 105 cm³/mol. The molecule has 2 heterocycles. The number of hydrogen-bond donors (Lipinski definition) is 1. The highest BCUT2D eigenvalue weighted by Gasteiger charge is 2.20. The van der Waals surface area contributed by atoms with Crippen LogP contribution in [0.5, 0.6) is 0 Å². The van der Waals surface area contributed by atoms with Gasteiger partial charge in [-0.3, -0.25) is 24.3 Å². The van der Waals surface area contributed by atoms with E-state index in [4.69, 9.17) is 0 Å². The molecule has 3 aromatic rings. The highest BCUT2D eigenvalue weighted by atomic mass is 32.1. The first-order chi connectivity index (χ1) is 12.7. The monoisotopic (exact) mass is 386 g/mol. The van der Waals surface area contributed by atoms with Crippen LogP contribution in [0.15, 0.2) is 23.3 Å². The van der Waals surface area contributed by atoms with Gasteiger partial charge in [0.25, 0.3) is 11.2 Å². The van der Waals surface area contributed by atoms with Gasteiger partial charge in [0.05, 0.1) is 16.6 Å². The summed E-state index contributed by atoms with van der Waals surface area (Å²) in [5.41, 5.74) is 1.95. The van der Waals surface area contributed by atoms with Crippen LogP contribution >= 0.6 is 11.3 Å². The van der Waals surface area contributed by atoms with E-state index in [1.807, 2.05) is 13.8 Å². The van der Waals surface area contributed by atoms with Crippen LogP contribution in [0.2, 0.25) is 0 Å². The molecule has 2 aromatic heterocycles. The van der Waals surface area contributed by atoms with Crippen molar-refractivity contribution in [2.45, 2.75) is 34.2 Å². The first kappa shape index (κ1) is 18.7. The Morgan fingerprint density at radius 1 is 1.26 bits per heavy atom. The summed E-state index contributed by atoms with van der Waals surface area (Å²) >= 11 is 1.43.